The van der Waals surface area contributed by atoms with Crippen molar-refractivity contribution in [3.63, 3.8) is 0 Å². The van der Waals surface area contributed by atoms with E-state index in [1.807, 2.05) is 48.5 Å². The molecule has 0 bridgehead atoms. The first-order valence-corrected chi connectivity index (χ1v) is 9.34. The van der Waals surface area contributed by atoms with Gasteiger partial charge < -0.3 is 14.5 Å². The minimum Gasteiger partial charge on any atom is -0.497 e. The summed E-state index contributed by atoms with van der Waals surface area (Å²) in [5, 5.41) is 9.54. The summed E-state index contributed by atoms with van der Waals surface area (Å²) >= 11 is 5.94. The topological polar surface area (TPSA) is 41.5 Å². The molecule has 0 unspecified atom stereocenters. The summed E-state index contributed by atoms with van der Waals surface area (Å²) in [5.41, 5.74) is 3.09. The van der Waals surface area contributed by atoms with Crippen LogP contribution in [0.4, 0.5) is 11.5 Å². The fourth-order valence-electron chi connectivity index (χ4n) is 3.26. The van der Waals surface area contributed by atoms with Gasteiger partial charge in [-0.15, -0.1) is 10.2 Å². The Morgan fingerprint density at radius 1 is 0.778 bits per heavy atom. The first-order chi connectivity index (χ1) is 13.2. The van der Waals surface area contributed by atoms with E-state index >= 15 is 0 Å². The molecule has 2 aromatic carbocycles. The predicted molar refractivity (Wildman–Crippen MR) is 110 cm³/mol. The molecular formula is C21H21ClN4O. The maximum Gasteiger partial charge on any atom is 0.151 e. The number of hydrogen-bond donors (Lipinski definition) is 0. The maximum atomic E-state index is 5.94. The SMILES string of the molecule is COc1ccc(N2CCN(c3ccc(-c4ccc(Cl)cc4)nn3)CC2)cc1. The average molecular weight is 381 g/mol. The Balaban J connectivity index is 1.39. The van der Waals surface area contributed by atoms with Gasteiger partial charge in [0.05, 0.1) is 12.8 Å². The van der Waals surface area contributed by atoms with Crippen molar-refractivity contribution in [3.05, 3.63) is 65.7 Å². The Kier molecular flexibility index (Phi) is 5.12. The average Bonchev–Trinajstić information content (AvgIpc) is 2.75. The van der Waals surface area contributed by atoms with Crippen LogP contribution in [0.5, 0.6) is 5.75 Å². The second-order valence-electron chi connectivity index (χ2n) is 6.46. The molecule has 138 valence electrons. The number of ether oxygens (including phenoxy) is 1. The van der Waals surface area contributed by atoms with Crippen LogP contribution >= 0.6 is 11.6 Å². The highest BCUT2D eigenvalue weighted by Gasteiger charge is 2.18. The highest BCUT2D eigenvalue weighted by molar-refractivity contribution is 6.30. The van der Waals surface area contributed by atoms with E-state index in [1.54, 1.807) is 7.11 Å². The van der Waals surface area contributed by atoms with E-state index in [1.165, 1.54) is 5.69 Å². The molecule has 0 radical (unpaired) electrons. The fraction of sp³-hybridized carbons (Fsp3) is 0.238. The van der Waals surface area contributed by atoms with Crippen LogP contribution in [0.3, 0.4) is 0 Å². The third-order valence-electron chi connectivity index (χ3n) is 4.83. The number of benzene rings is 2. The number of piperazine rings is 1. The molecule has 5 nitrogen and oxygen atoms in total. The molecular weight excluding hydrogens is 360 g/mol. The summed E-state index contributed by atoms with van der Waals surface area (Å²) in [6.45, 7) is 3.74. The molecule has 0 N–H and O–H groups in total. The first kappa shape index (κ1) is 17.6. The maximum absolute atomic E-state index is 5.94. The molecule has 4 rings (SSSR count). The number of anilines is 2. The third-order valence-corrected chi connectivity index (χ3v) is 5.08. The smallest absolute Gasteiger partial charge is 0.151 e. The van der Waals surface area contributed by atoms with Crippen LogP contribution in [0.2, 0.25) is 5.02 Å². The normalized spacial score (nSPS) is 14.3. The molecule has 0 saturated carbocycles. The second kappa shape index (κ2) is 7.84. The van der Waals surface area contributed by atoms with Gasteiger partial charge in [0.25, 0.3) is 0 Å². The van der Waals surface area contributed by atoms with Crippen molar-refractivity contribution in [2.75, 3.05) is 43.1 Å². The number of hydrogen-bond acceptors (Lipinski definition) is 5. The zero-order valence-electron chi connectivity index (χ0n) is 15.2. The standard InChI is InChI=1S/C21H21ClN4O/c1-27-19-8-6-18(7-9-19)25-12-14-26(15-13-25)21-11-10-20(23-24-21)16-2-4-17(22)5-3-16/h2-11H,12-15H2,1H3. The Labute approximate surface area is 164 Å². The van der Waals surface area contributed by atoms with Gasteiger partial charge in [-0.3, -0.25) is 0 Å². The van der Waals surface area contributed by atoms with Gasteiger partial charge in [0, 0.05) is 42.5 Å². The first-order valence-electron chi connectivity index (χ1n) is 8.96. The second-order valence-corrected chi connectivity index (χ2v) is 6.89. The van der Waals surface area contributed by atoms with Crippen molar-refractivity contribution >= 4 is 23.1 Å². The summed E-state index contributed by atoms with van der Waals surface area (Å²) in [7, 11) is 1.69. The van der Waals surface area contributed by atoms with E-state index in [4.69, 9.17) is 16.3 Å². The molecule has 1 saturated heterocycles. The Bertz CT molecular complexity index is 874. The van der Waals surface area contributed by atoms with Crippen LogP contribution in [0.25, 0.3) is 11.3 Å². The van der Waals surface area contributed by atoms with Crippen LogP contribution in [0.1, 0.15) is 0 Å². The highest BCUT2D eigenvalue weighted by atomic mass is 35.5. The molecule has 1 fully saturated rings. The lowest BCUT2D eigenvalue weighted by atomic mass is 10.1. The lowest BCUT2D eigenvalue weighted by molar-refractivity contribution is 0.415. The monoisotopic (exact) mass is 380 g/mol. The van der Waals surface area contributed by atoms with Gasteiger partial charge in [0.1, 0.15) is 5.75 Å². The zero-order valence-corrected chi connectivity index (χ0v) is 15.9. The molecule has 1 aromatic heterocycles. The third kappa shape index (κ3) is 3.98. The Morgan fingerprint density at radius 2 is 1.44 bits per heavy atom. The van der Waals surface area contributed by atoms with Gasteiger partial charge in [-0.2, -0.15) is 0 Å². The number of rotatable bonds is 4. The van der Waals surface area contributed by atoms with E-state index in [2.05, 4.69) is 32.1 Å². The van der Waals surface area contributed by atoms with Crippen LogP contribution in [-0.4, -0.2) is 43.5 Å². The molecule has 6 heteroatoms. The van der Waals surface area contributed by atoms with Crippen molar-refractivity contribution in [3.8, 4) is 17.0 Å². The van der Waals surface area contributed by atoms with Crippen molar-refractivity contribution in [1.29, 1.82) is 0 Å². The minimum absolute atomic E-state index is 0.720. The minimum atomic E-state index is 0.720. The van der Waals surface area contributed by atoms with Crippen molar-refractivity contribution in [2.24, 2.45) is 0 Å². The van der Waals surface area contributed by atoms with Gasteiger partial charge in [0.2, 0.25) is 0 Å². The van der Waals surface area contributed by atoms with Gasteiger partial charge >= 0.3 is 0 Å². The lowest BCUT2D eigenvalue weighted by Gasteiger charge is -2.36. The van der Waals surface area contributed by atoms with Gasteiger partial charge in [0.15, 0.2) is 5.82 Å². The lowest BCUT2D eigenvalue weighted by Crippen LogP contribution is -2.46. The van der Waals surface area contributed by atoms with E-state index in [-0.39, 0.29) is 0 Å². The van der Waals surface area contributed by atoms with Gasteiger partial charge in [-0.25, -0.2) is 0 Å². The Hall–Kier alpha value is -2.79. The molecule has 27 heavy (non-hydrogen) atoms. The predicted octanol–water partition coefficient (Wildman–Crippen LogP) is 4.13. The molecule has 0 amide bonds. The summed E-state index contributed by atoms with van der Waals surface area (Å²) in [4.78, 5) is 4.66. The molecule has 1 aliphatic rings. The number of aromatic nitrogens is 2. The van der Waals surface area contributed by atoms with Crippen LogP contribution in [0.15, 0.2) is 60.7 Å². The van der Waals surface area contributed by atoms with E-state index in [9.17, 15) is 0 Å². The zero-order chi connectivity index (χ0) is 18.6. The van der Waals surface area contributed by atoms with Gasteiger partial charge in [-0.1, -0.05) is 23.7 Å². The molecule has 0 aliphatic carbocycles. The molecule has 1 aliphatic heterocycles. The summed E-state index contributed by atoms with van der Waals surface area (Å²) in [5.74, 6) is 1.80. The number of nitrogens with zero attached hydrogens (tertiary/aromatic N) is 4. The number of methoxy groups -OCH3 is 1. The molecule has 3 aromatic rings. The van der Waals surface area contributed by atoms with Crippen molar-refractivity contribution < 1.29 is 4.74 Å². The van der Waals surface area contributed by atoms with E-state index < -0.39 is 0 Å². The fourth-order valence-corrected chi connectivity index (χ4v) is 3.38. The van der Waals surface area contributed by atoms with Crippen LogP contribution in [0, 0.1) is 0 Å². The van der Waals surface area contributed by atoms with E-state index in [0.29, 0.717) is 0 Å². The van der Waals surface area contributed by atoms with Crippen molar-refractivity contribution in [1.82, 2.24) is 10.2 Å². The quantitative estimate of drug-likeness (QED) is 0.680. The van der Waals surface area contributed by atoms with Crippen LogP contribution in [-0.2, 0) is 0 Å². The molecule has 0 spiro atoms. The largest absolute Gasteiger partial charge is 0.497 e. The van der Waals surface area contributed by atoms with E-state index in [0.717, 1.165) is 54.0 Å². The molecule has 0 atom stereocenters. The summed E-state index contributed by atoms with van der Waals surface area (Å²) in [6.07, 6.45) is 0. The summed E-state index contributed by atoms with van der Waals surface area (Å²) in [6, 6.07) is 19.9. The molecule has 2 heterocycles. The van der Waals surface area contributed by atoms with Crippen LogP contribution < -0.4 is 14.5 Å². The van der Waals surface area contributed by atoms with Gasteiger partial charge in [-0.05, 0) is 48.5 Å². The highest BCUT2D eigenvalue weighted by Crippen LogP contribution is 2.23. The summed E-state index contributed by atoms with van der Waals surface area (Å²) < 4.78 is 5.23. The number of halogens is 1. The Morgan fingerprint density at radius 3 is 2.04 bits per heavy atom. The van der Waals surface area contributed by atoms with Crippen molar-refractivity contribution in [2.45, 2.75) is 0 Å².